The normalized spacial score (nSPS) is 15.9. The van der Waals surface area contributed by atoms with Crippen molar-refractivity contribution in [2.45, 2.75) is 25.2 Å². The number of likely N-dealkylation sites (tertiary alicyclic amines) is 1. The summed E-state index contributed by atoms with van der Waals surface area (Å²) >= 11 is 0. The Bertz CT molecular complexity index is 861. The molecule has 1 fully saturated rings. The van der Waals surface area contributed by atoms with Crippen LogP contribution in [-0.2, 0) is 6.42 Å². The van der Waals surface area contributed by atoms with Crippen LogP contribution in [-0.4, -0.2) is 39.3 Å². The van der Waals surface area contributed by atoms with Crippen molar-refractivity contribution in [2.24, 2.45) is 0 Å². The van der Waals surface area contributed by atoms with E-state index in [2.05, 4.69) is 16.2 Å². The molecule has 0 aliphatic carbocycles. The van der Waals surface area contributed by atoms with Crippen LogP contribution in [0.2, 0.25) is 0 Å². The lowest BCUT2D eigenvalue weighted by atomic mass is 9.97. The summed E-state index contributed by atoms with van der Waals surface area (Å²) in [5.41, 5.74) is 1.95. The van der Waals surface area contributed by atoms with Gasteiger partial charge in [-0.1, -0.05) is 11.2 Å². The number of rotatable bonds is 3. The van der Waals surface area contributed by atoms with E-state index in [4.69, 9.17) is 14.0 Å². The monoisotopic (exact) mass is 327 g/mol. The minimum Gasteiger partial charge on any atom is -0.465 e. The van der Waals surface area contributed by atoms with Gasteiger partial charge in [-0.05, 0) is 36.6 Å². The number of hydrogen-bond donors (Lipinski definition) is 1. The quantitative estimate of drug-likeness (QED) is 0.793. The first-order valence-corrected chi connectivity index (χ1v) is 7.95. The zero-order valence-corrected chi connectivity index (χ0v) is 13.0. The second-order valence-corrected chi connectivity index (χ2v) is 6.06. The van der Waals surface area contributed by atoms with Crippen molar-refractivity contribution in [2.75, 3.05) is 13.1 Å². The molecule has 7 heteroatoms. The van der Waals surface area contributed by atoms with Gasteiger partial charge < -0.3 is 18.9 Å². The van der Waals surface area contributed by atoms with Crippen molar-refractivity contribution >= 4 is 17.1 Å². The van der Waals surface area contributed by atoms with E-state index in [0.29, 0.717) is 31.2 Å². The Morgan fingerprint density at radius 1 is 1.29 bits per heavy atom. The molecule has 0 saturated carbocycles. The molecule has 1 aliphatic rings. The summed E-state index contributed by atoms with van der Waals surface area (Å²) in [6, 6.07) is 7.91. The van der Waals surface area contributed by atoms with Gasteiger partial charge in [0.25, 0.3) is 0 Å². The van der Waals surface area contributed by atoms with Gasteiger partial charge in [0.2, 0.25) is 5.89 Å². The summed E-state index contributed by atoms with van der Waals surface area (Å²) in [6.07, 6.45) is 2.83. The second-order valence-electron chi connectivity index (χ2n) is 6.06. The summed E-state index contributed by atoms with van der Waals surface area (Å²) in [7, 11) is 0. The Kier molecular flexibility index (Phi) is 3.68. The molecular formula is C17H17N3O4. The van der Waals surface area contributed by atoms with Crippen LogP contribution in [0.25, 0.3) is 11.0 Å². The Balaban J connectivity index is 1.44. The number of carbonyl (C=O) groups is 1. The summed E-state index contributed by atoms with van der Waals surface area (Å²) in [6.45, 7) is 1.02. The zero-order chi connectivity index (χ0) is 16.5. The molecule has 1 aliphatic heterocycles. The first-order chi connectivity index (χ1) is 11.7. The molecule has 0 unspecified atom stereocenters. The molecule has 2 aromatic heterocycles. The van der Waals surface area contributed by atoms with Crippen molar-refractivity contribution in [1.82, 2.24) is 15.0 Å². The van der Waals surface area contributed by atoms with Crippen molar-refractivity contribution in [3.05, 3.63) is 47.8 Å². The molecule has 1 aromatic carbocycles. The average Bonchev–Trinajstić information content (AvgIpc) is 3.24. The third-order valence-electron chi connectivity index (χ3n) is 4.48. The fourth-order valence-electron chi connectivity index (χ4n) is 3.13. The molecule has 3 heterocycles. The highest BCUT2D eigenvalue weighted by atomic mass is 16.5. The molecule has 1 saturated heterocycles. The molecule has 0 spiro atoms. The number of fused-ring (bicyclic) bond motifs is 1. The van der Waals surface area contributed by atoms with Crippen LogP contribution >= 0.6 is 0 Å². The SMILES string of the molecule is O=C(O)N1CCC(c2nc(Cc3ccc4occc4c3)no2)CC1. The average molecular weight is 327 g/mol. The smallest absolute Gasteiger partial charge is 0.407 e. The van der Waals surface area contributed by atoms with Crippen LogP contribution in [0.4, 0.5) is 4.79 Å². The molecular weight excluding hydrogens is 310 g/mol. The number of benzene rings is 1. The predicted molar refractivity (Wildman–Crippen MR) is 84.9 cm³/mol. The molecule has 3 aromatic rings. The minimum absolute atomic E-state index is 0.137. The number of furan rings is 1. The summed E-state index contributed by atoms with van der Waals surface area (Å²) in [5, 5.41) is 14.1. The lowest BCUT2D eigenvalue weighted by Crippen LogP contribution is -2.36. The largest absolute Gasteiger partial charge is 0.465 e. The van der Waals surface area contributed by atoms with Crippen LogP contribution in [0, 0.1) is 0 Å². The third kappa shape index (κ3) is 2.84. The fraction of sp³-hybridized carbons (Fsp3) is 0.353. The molecule has 124 valence electrons. The van der Waals surface area contributed by atoms with E-state index in [0.717, 1.165) is 29.4 Å². The van der Waals surface area contributed by atoms with Gasteiger partial charge in [-0.15, -0.1) is 0 Å². The van der Waals surface area contributed by atoms with E-state index in [1.807, 2.05) is 18.2 Å². The van der Waals surface area contributed by atoms with Gasteiger partial charge in [-0.3, -0.25) is 0 Å². The molecule has 0 bridgehead atoms. The molecule has 24 heavy (non-hydrogen) atoms. The number of aromatic nitrogens is 2. The lowest BCUT2D eigenvalue weighted by molar-refractivity contribution is 0.128. The number of nitrogens with zero attached hydrogens (tertiary/aromatic N) is 3. The van der Waals surface area contributed by atoms with E-state index in [9.17, 15) is 4.79 Å². The van der Waals surface area contributed by atoms with E-state index >= 15 is 0 Å². The van der Waals surface area contributed by atoms with Gasteiger partial charge in [0, 0.05) is 30.8 Å². The van der Waals surface area contributed by atoms with E-state index in [1.54, 1.807) is 6.26 Å². The highest BCUT2D eigenvalue weighted by Gasteiger charge is 2.27. The molecule has 0 radical (unpaired) electrons. The Labute approximate surface area is 137 Å². The molecule has 7 nitrogen and oxygen atoms in total. The lowest BCUT2D eigenvalue weighted by Gasteiger charge is -2.27. The van der Waals surface area contributed by atoms with Gasteiger partial charge in [0.05, 0.1) is 6.26 Å². The van der Waals surface area contributed by atoms with E-state index in [-0.39, 0.29) is 5.92 Å². The van der Waals surface area contributed by atoms with E-state index in [1.165, 1.54) is 4.90 Å². The highest BCUT2D eigenvalue weighted by Crippen LogP contribution is 2.27. The fourth-order valence-corrected chi connectivity index (χ4v) is 3.13. The summed E-state index contributed by atoms with van der Waals surface area (Å²) < 4.78 is 10.7. The standard InChI is InChI=1S/C17H17N3O4/c21-17(22)20-6-3-12(4-7-20)16-18-15(19-24-16)10-11-1-2-14-13(9-11)5-8-23-14/h1-2,5,8-9,12H,3-4,6-7,10H2,(H,21,22). The minimum atomic E-state index is -0.866. The van der Waals surface area contributed by atoms with E-state index < -0.39 is 6.09 Å². The first-order valence-electron chi connectivity index (χ1n) is 7.95. The number of piperidine rings is 1. The first kappa shape index (κ1) is 14.7. The predicted octanol–water partition coefficient (Wildman–Crippen LogP) is 3.26. The maximum Gasteiger partial charge on any atom is 0.407 e. The van der Waals surface area contributed by atoms with Crippen molar-refractivity contribution < 1.29 is 18.8 Å². The van der Waals surface area contributed by atoms with Crippen LogP contribution in [0.5, 0.6) is 0 Å². The van der Waals surface area contributed by atoms with Gasteiger partial charge in [-0.25, -0.2) is 4.79 Å². The summed E-state index contributed by atoms with van der Waals surface area (Å²) in [4.78, 5) is 16.9. The van der Waals surface area contributed by atoms with Crippen LogP contribution in [0.15, 0.2) is 39.5 Å². The maximum atomic E-state index is 10.9. The van der Waals surface area contributed by atoms with Crippen molar-refractivity contribution in [1.29, 1.82) is 0 Å². The summed E-state index contributed by atoms with van der Waals surface area (Å²) in [5.74, 6) is 1.39. The Morgan fingerprint density at radius 2 is 2.12 bits per heavy atom. The highest BCUT2D eigenvalue weighted by molar-refractivity contribution is 5.77. The van der Waals surface area contributed by atoms with Gasteiger partial charge in [-0.2, -0.15) is 4.98 Å². The molecule has 0 atom stereocenters. The Hall–Kier alpha value is -2.83. The number of carboxylic acid groups (broad SMARTS) is 1. The number of amides is 1. The van der Waals surface area contributed by atoms with Gasteiger partial charge >= 0.3 is 6.09 Å². The van der Waals surface area contributed by atoms with Crippen LogP contribution < -0.4 is 0 Å². The third-order valence-corrected chi connectivity index (χ3v) is 4.48. The number of hydrogen-bond acceptors (Lipinski definition) is 5. The maximum absolute atomic E-state index is 10.9. The second kappa shape index (κ2) is 5.99. The Morgan fingerprint density at radius 3 is 2.92 bits per heavy atom. The topological polar surface area (TPSA) is 92.6 Å². The molecule has 1 N–H and O–H groups in total. The van der Waals surface area contributed by atoms with Crippen LogP contribution in [0.3, 0.4) is 0 Å². The zero-order valence-electron chi connectivity index (χ0n) is 13.0. The van der Waals surface area contributed by atoms with Gasteiger partial charge in [0.1, 0.15) is 5.58 Å². The van der Waals surface area contributed by atoms with Gasteiger partial charge in [0.15, 0.2) is 5.82 Å². The van der Waals surface area contributed by atoms with Crippen LogP contribution in [0.1, 0.15) is 36.0 Å². The molecule has 1 amide bonds. The van der Waals surface area contributed by atoms with Crippen molar-refractivity contribution in [3.8, 4) is 0 Å². The van der Waals surface area contributed by atoms with Crippen molar-refractivity contribution in [3.63, 3.8) is 0 Å². The molecule has 4 rings (SSSR count).